The summed E-state index contributed by atoms with van der Waals surface area (Å²) in [6.07, 6.45) is 4.61. The summed E-state index contributed by atoms with van der Waals surface area (Å²) in [7, 11) is 0. The van der Waals surface area contributed by atoms with Gasteiger partial charge in [-0.25, -0.2) is 0 Å². The Balaban J connectivity index is 2.24. The number of nitrogens with one attached hydrogen (secondary N) is 1. The van der Waals surface area contributed by atoms with Crippen LogP contribution >= 0.6 is 0 Å². The lowest BCUT2D eigenvalue weighted by Gasteiger charge is -2.46. The fraction of sp³-hybridized carbons (Fsp3) is 0.867. The van der Waals surface area contributed by atoms with Crippen LogP contribution in [0.4, 0.5) is 0 Å². The highest BCUT2D eigenvalue weighted by molar-refractivity contribution is 6.00. The number of amides is 2. The first-order valence-corrected chi connectivity index (χ1v) is 7.52. The Morgan fingerprint density at radius 2 is 1.84 bits per heavy atom. The Kier molecular flexibility index (Phi) is 3.88. The van der Waals surface area contributed by atoms with Gasteiger partial charge in [0.2, 0.25) is 11.8 Å². The summed E-state index contributed by atoms with van der Waals surface area (Å²) in [5.41, 5.74) is -0.588. The average molecular weight is 266 g/mol. The Morgan fingerprint density at radius 1 is 1.26 bits per heavy atom. The SMILES string of the molecule is CC(C)CC(C)N1C(=O)C2(CCCC2)NC(=O)C1C. The monoisotopic (exact) mass is 266 g/mol. The minimum Gasteiger partial charge on any atom is -0.340 e. The molecule has 2 fully saturated rings. The Morgan fingerprint density at radius 3 is 2.37 bits per heavy atom. The highest BCUT2D eigenvalue weighted by Gasteiger charge is 2.51. The van der Waals surface area contributed by atoms with Gasteiger partial charge < -0.3 is 10.2 Å². The van der Waals surface area contributed by atoms with Crippen LogP contribution in [-0.4, -0.2) is 34.3 Å². The van der Waals surface area contributed by atoms with Crippen LogP contribution in [0.2, 0.25) is 0 Å². The van der Waals surface area contributed by atoms with Crippen molar-refractivity contribution in [2.75, 3.05) is 0 Å². The minimum absolute atomic E-state index is 0.0112. The molecular formula is C15H26N2O2. The summed E-state index contributed by atoms with van der Waals surface area (Å²) in [5.74, 6) is 0.682. The number of hydrogen-bond donors (Lipinski definition) is 1. The van der Waals surface area contributed by atoms with Crippen molar-refractivity contribution >= 4 is 11.8 Å². The molecule has 19 heavy (non-hydrogen) atoms. The van der Waals surface area contributed by atoms with Crippen LogP contribution in [0.3, 0.4) is 0 Å². The van der Waals surface area contributed by atoms with E-state index in [1.165, 1.54) is 0 Å². The van der Waals surface area contributed by atoms with Gasteiger partial charge >= 0.3 is 0 Å². The van der Waals surface area contributed by atoms with Gasteiger partial charge in [-0.05, 0) is 39.0 Å². The number of nitrogens with zero attached hydrogens (tertiary/aromatic N) is 1. The van der Waals surface area contributed by atoms with Gasteiger partial charge in [0, 0.05) is 6.04 Å². The van der Waals surface area contributed by atoms with Crippen LogP contribution in [-0.2, 0) is 9.59 Å². The Labute approximate surface area is 115 Å². The predicted octanol–water partition coefficient (Wildman–Crippen LogP) is 2.08. The average Bonchev–Trinajstić information content (AvgIpc) is 2.75. The summed E-state index contributed by atoms with van der Waals surface area (Å²) in [4.78, 5) is 26.9. The molecule has 1 spiro atoms. The zero-order chi connectivity index (χ0) is 14.2. The van der Waals surface area contributed by atoms with Gasteiger partial charge in [0.15, 0.2) is 0 Å². The fourth-order valence-electron chi connectivity index (χ4n) is 3.64. The largest absolute Gasteiger partial charge is 0.340 e. The molecule has 4 heteroatoms. The molecule has 1 saturated carbocycles. The van der Waals surface area contributed by atoms with Gasteiger partial charge in [-0.1, -0.05) is 26.7 Å². The molecule has 0 aromatic carbocycles. The molecule has 2 rings (SSSR count). The minimum atomic E-state index is -0.588. The van der Waals surface area contributed by atoms with Crippen LogP contribution in [0.15, 0.2) is 0 Å². The summed E-state index contributed by atoms with van der Waals surface area (Å²) < 4.78 is 0. The van der Waals surface area contributed by atoms with E-state index in [2.05, 4.69) is 26.1 Å². The van der Waals surface area contributed by atoms with Crippen molar-refractivity contribution in [3.8, 4) is 0 Å². The van der Waals surface area contributed by atoms with Crippen molar-refractivity contribution in [1.29, 1.82) is 0 Å². The zero-order valence-corrected chi connectivity index (χ0v) is 12.5. The smallest absolute Gasteiger partial charge is 0.249 e. The molecule has 108 valence electrons. The van der Waals surface area contributed by atoms with Crippen molar-refractivity contribution < 1.29 is 9.59 Å². The molecule has 0 bridgehead atoms. The van der Waals surface area contributed by atoms with E-state index in [-0.39, 0.29) is 23.9 Å². The standard InChI is InChI=1S/C15H26N2O2/c1-10(2)9-11(3)17-12(4)13(18)16-15(14(17)19)7-5-6-8-15/h10-12H,5-9H2,1-4H3,(H,16,18). The molecule has 1 aliphatic carbocycles. The van der Waals surface area contributed by atoms with Crippen molar-refractivity contribution in [3.05, 3.63) is 0 Å². The molecule has 1 aliphatic heterocycles. The topological polar surface area (TPSA) is 49.4 Å². The third-order valence-corrected chi connectivity index (χ3v) is 4.55. The fourth-order valence-corrected chi connectivity index (χ4v) is 3.64. The molecule has 0 radical (unpaired) electrons. The van der Waals surface area contributed by atoms with Crippen molar-refractivity contribution in [1.82, 2.24) is 10.2 Å². The van der Waals surface area contributed by atoms with Gasteiger partial charge in [0.25, 0.3) is 0 Å². The zero-order valence-electron chi connectivity index (χ0n) is 12.5. The number of carbonyl (C=O) groups excluding carboxylic acids is 2. The Hall–Kier alpha value is -1.06. The van der Waals surface area contributed by atoms with Crippen molar-refractivity contribution in [2.45, 2.75) is 77.4 Å². The normalized spacial score (nSPS) is 28.1. The maximum atomic E-state index is 12.8. The van der Waals surface area contributed by atoms with Crippen LogP contribution < -0.4 is 5.32 Å². The lowest BCUT2D eigenvalue weighted by atomic mass is 9.89. The highest BCUT2D eigenvalue weighted by Crippen LogP contribution is 2.35. The molecule has 0 aromatic rings. The van der Waals surface area contributed by atoms with E-state index >= 15 is 0 Å². The second kappa shape index (κ2) is 5.14. The van der Waals surface area contributed by atoms with E-state index in [1.807, 2.05) is 11.8 Å². The van der Waals surface area contributed by atoms with E-state index in [1.54, 1.807) is 0 Å². The predicted molar refractivity (Wildman–Crippen MR) is 74.6 cm³/mol. The highest BCUT2D eigenvalue weighted by atomic mass is 16.2. The van der Waals surface area contributed by atoms with Gasteiger partial charge in [-0.2, -0.15) is 0 Å². The lowest BCUT2D eigenvalue weighted by Crippen LogP contribution is -2.70. The molecule has 2 unspecified atom stereocenters. The number of piperazine rings is 1. The summed E-state index contributed by atoms with van der Waals surface area (Å²) in [6, 6.07) is -0.210. The molecule has 0 aromatic heterocycles. The molecular weight excluding hydrogens is 240 g/mol. The van der Waals surface area contributed by atoms with Crippen molar-refractivity contribution in [2.24, 2.45) is 5.92 Å². The first kappa shape index (κ1) is 14.4. The molecule has 1 N–H and O–H groups in total. The third-order valence-electron chi connectivity index (χ3n) is 4.55. The maximum Gasteiger partial charge on any atom is 0.249 e. The number of carbonyl (C=O) groups is 2. The third kappa shape index (κ3) is 2.49. The van der Waals surface area contributed by atoms with E-state index < -0.39 is 5.54 Å². The second-order valence-corrected chi connectivity index (χ2v) is 6.65. The van der Waals surface area contributed by atoms with Crippen LogP contribution in [0.25, 0.3) is 0 Å². The van der Waals surface area contributed by atoms with Crippen LogP contribution in [0.5, 0.6) is 0 Å². The molecule has 2 atom stereocenters. The van der Waals surface area contributed by atoms with E-state index in [0.717, 1.165) is 32.1 Å². The van der Waals surface area contributed by atoms with E-state index in [0.29, 0.717) is 5.92 Å². The molecule has 1 heterocycles. The summed E-state index contributed by atoms with van der Waals surface area (Å²) >= 11 is 0. The molecule has 1 saturated heterocycles. The van der Waals surface area contributed by atoms with Gasteiger partial charge in [0.05, 0.1) is 0 Å². The number of rotatable bonds is 3. The van der Waals surface area contributed by atoms with Crippen molar-refractivity contribution in [3.63, 3.8) is 0 Å². The van der Waals surface area contributed by atoms with Gasteiger partial charge in [0.1, 0.15) is 11.6 Å². The Bertz CT molecular complexity index is 372. The summed E-state index contributed by atoms with van der Waals surface area (Å²) in [5, 5.41) is 3.00. The van der Waals surface area contributed by atoms with Crippen LogP contribution in [0.1, 0.15) is 59.8 Å². The van der Waals surface area contributed by atoms with Gasteiger partial charge in [-0.15, -0.1) is 0 Å². The lowest BCUT2D eigenvalue weighted by molar-refractivity contribution is -0.157. The molecule has 2 amide bonds. The van der Waals surface area contributed by atoms with Gasteiger partial charge in [-0.3, -0.25) is 9.59 Å². The van der Waals surface area contributed by atoms with Crippen LogP contribution in [0, 0.1) is 5.92 Å². The first-order valence-electron chi connectivity index (χ1n) is 7.52. The van der Waals surface area contributed by atoms with E-state index in [9.17, 15) is 9.59 Å². The maximum absolute atomic E-state index is 12.8. The quantitative estimate of drug-likeness (QED) is 0.850. The first-order chi connectivity index (χ1) is 8.87. The van der Waals surface area contributed by atoms with E-state index in [4.69, 9.17) is 0 Å². The number of hydrogen-bond acceptors (Lipinski definition) is 2. The molecule has 2 aliphatic rings. The second-order valence-electron chi connectivity index (χ2n) is 6.65. The summed E-state index contributed by atoms with van der Waals surface area (Å²) in [6.45, 7) is 8.21. The molecule has 4 nitrogen and oxygen atoms in total.